The summed E-state index contributed by atoms with van der Waals surface area (Å²) in [6.07, 6.45) is 6.47. The van der Waals surface area contributed by atoms with Crippen molar-refractivity contribution in [3.63, 3.8) is 0 Å². The fourth-order valence-corrected chi connectivity index (χ4v) is 3.00. The first-order valence-electron chi connectivity index (χ1n) is 8.32. The van der Waals surface area contributed by atoms with Crippen molar-refractivity contribution in [2.75, 3.05) is 5.73 Å². The second kappa shape index (κ2) is 6.97. The Hall–Kier alpha value is -1.51. The molecule has 1 heterocycles. The average molecular weight is 287 g/mol. The molecule has 21 heavy (non-hydrogen) atoms. The average Bonchev–Trinajstić information content (AvgIpc) is 2.82. The molecule has 116 valence electrons. The second-order valence-corrected chi connectivity index (χ2v) is 6.44. The van der Waals surface area contributed by atoms with Crippen LogP contribution in [0, 0.1) is 0 Å². The lowest BCUT2D eigenvalue weighted by Gasteiger charge is -2.19. The first-order valence-corrected chi connectivity index (χ1v) is 8.32. The van der Waals surface area contributed by atoms with Gasteiger partial charge in [0, 0.05) is 17.6 Å². The summed E-state index contributed by atoms with van der Waals surface area (Å²) >= 11 is 0. The molecule has 0 saturated heterocycles. The standard InChI is InChI=1S/C18H29N3/c1-5-6-7-8-9-14(4)21-17-11-10-15(19)12-16(17)20-18(21)13(2)3/h10-14H,5-9,19H2,1-4H3. The third-order valence-corrected chi connectivity index (χ3v) is 4.17. The zero-order valence-electron chi connectivity index (χ0n) is 13.9. The van der Waals surface area contributed by atoms with Gasteiger partial charge in [0.25, 0.3) is 0 Å². The van der Waals surface area contributed by atoms with Crippen LogP contribution >= 0.6 is 0 Å². The molecule has 2 aromatic rings. The van der Waals surface area contributed by atoms with Gasteiger partial charge < -0.3 is 10.3 Å². The van der Waals surface area contributed by atoms with E-state index < -0.39 is 0 Å². The first-order chi connectivity index (χ1) is 10.0. The van der Waals surface area contributed by atoms with E-state index in [-0.39, 0.29) is 0 Å². The van der Waals surface area contributed by atoms with Gasteiger partial charge >= 0.3 is 0 Å². The van der Waals surface area contributed by atoms with E-state index in [0.29, 0.717) is 12.0 Å². The highest BCUT2D eigenvalue weighted by Crippen LogP contribution is 2.29. The van der Waals surface area contributed by atoms with Gasteiger partial charge in [-0.3, -0.25) is 0 Å². The number of nitrogen functional groups attached to an aromatic ring is 1. The van der Waals surface area contributed by atoms with Crippen LogP contribution in [0.5, 0.6) is 0 Å². The lowest BCUT2D eigenvalue weighted by molar-refractivity contribution is 0.461. The summed E-state index contributed by atoms with van der Waals surface area (Å²) in [6.45, 7) is 9.00. The van der Waals surface area contributed by atoms with Crippen molar-refractivity contribution in [1.29, 1.82) is 0 Å². The van der Waals surface area contributed by atoms with Crippen molar-refractivity contribution in [1.82, 2.24) is 9.55 Å². The van der Waals surface area contributed by atoms with Gasteiger partial charge in [0.05, 0.1) is 11.0 Å². The van der Waals surface area contributed by atoms with Gasteiger partial charge in [-0.1, -0.05) is 46.5 Å². The number of rotatable bonds is 7. The molecule has 0 radical (unpaired) electrons. The summed E-state index contributed by atoms with van der Waals surface area (Å²) in [6, 6.07) is 6.58. The Balaban J connectivity index is 2.29. The molecule has 3 nitrogen and oxygen atoms in total. The van der Waals surface area contributed by atoms with Gasteiger partial charge in [-0.15, -0.1) is 0 Å². The minimum absolute atomic E-state index is 0.428. The Morgan fingerprint density at radius 1 is 1.14 bits per heavy atom. The van der Waals surface area contributed by atoms with Crippen molar-refractivity contribution in [2.45, 2.75) is 71.8 Å². The van der Waals surface area contributed by atoms with Gasteiger partial charge in [0.15, 0.2) is 0 Å². The van der Waals surface area contributed by atoms with E-state index in [4.69, 9.17) is 10.7 Å². The topological polar surface area (TPSA) is 43.8 Å². The predicted octanol–water partition coefficient (Wildman–Crippen LogP) is 5.27. The smallest absolute Gasteiger partial charge is 0.112 e. The molecular weight excluding hydrogens is 258 g/mol. The summed E-state index contributed by atoms with van der Waals surface area (Å²) in [5.41, 5.74) is 8.93. The van der Waals surface area contributed by atoms with E-state index in [1.165, 1.54) is 43.4 Å². The van der Waals surface area contributed by atoms with E-state index in [9.17, 15) is 0 Å². The number of anilines is 1. The number of unbranched alkanes of at least 4 members (excludes halogenated alkanes) is 3. The first kappa shape index (κ1) is 15.9. The number of benzene rings is 1. The van der Waals surface area contributed by atoms with E-state index >= 15 is 0 Å². The monoisotopic (exact) mass is 287 g/mol. The van der Waals surface area contributed by atoms with Crippen LogP contribution in [0.25, 0.3) is 11.0 Å². The molecule has 0 aliphatic carbocycles. The number of hydrogen-bond donors (Lipinski definition) is 1. The summed E-state index contributed by atoms with van der Waals surface area (Å²) in [5, 5.41) is 0. The van der Waals surface area contributed by atoms with Gasteiger partial charge in [-0.05, 0) is 31.5 Å². The van der Waals surface area contributed by atoms with Crippen molar-refractivity contribution < 1.29 is 0 Å². The van der Waals surface area contributed by atoms with Gasteiger partial charge in [0.2, 0.25) is 0 Å². The Morgan fingerprint density at radius 2 is 1.90 bits per heavy atom. The summed E-state index contributed by atoms with van der Waals surface area (Å²) < 4.78 is 2.42. The van der Waals surface area contributed by atoms with Gasteiger partial charge in [-0.2, -0.15) is 0 Å². The molecule has 0 aliphatic heterocycles. The van der Waals surface area contributed by atoms with Crippen molar-refractivity contribution in [3.05, 3.63) is 24.0 Å². The van der Waals surface area contributed by atoms with Gasteiger partial charge in [-0.25, -0.2) is 4.98 Å². The van der Waals surface area contributed by atoms with E-state index in [1.807, 2.05) is 12.1 Å². The quantitative estimate of drug-likeness (QED) is 0.556. The van der Waals surface area contributed by atoms with Crippen molar-refractivity contribution in [2.24, 2.45) is 0 Å². The lowest BCUT2D eigenvalue weighted by atomic mass is 10.1. The summed E-state index contributed by atoms with van der Waals surface area (Å²) in [4.78, 5) is 4.82. The molecule has 2 rings (SSSR count). The molecule has 2 N–H and O–H groups in total. The normalized spacial score (nSPS) is 13.2. The number of nitrogens with zero attached hydrogens (tertiary/aromatic N) is 2. The van der Waals surface area contributed by atoms with E-state index in [2.05, 4.69) is 38.3 Å². The maximum absolute atomic E-state index is 5.90. The SMILES string of the molecule is CCCCCCC(C)n1c(C(C)C)nc2cc(N)ccc21. The second-order valence-electron chi connectivity index (χ2n) is 6.44. The van der Waals surface area contributed by atoms with Crippen LogP contribution in [-0.4, -0.2) is 9.55 Å². The molecule has 1 atom stereocenters. The Morgan fingerprint density at radius 3 is 2.57 bits per heavy atom. The minimum Gasteiger partial charge on any atom is -0.399 e. The lowest BCUT2D eigenvalue weighted by Crippen LogP contribution is -2.10. The third kappa shape index (κ3) is 3.58. The molecule has 1 unspecified atom stereocenters. The number of imidazole rings is 1. The largest absolute Gasteiger partial charge is 0.399 e. The number of nitrogens with two attached hydrogens (primary N) is 1. The van der Waals surface area contributed by atoms with Crippen LogP contribution < -0.4 is 5.73 Å². The molecule has 0 spiro atoms. The Bertz CT molecular complexity index is 583. The fourth-order valence-electron chi connectivity index (χ4n) is 3.00. The number of aromatic nitrogens is 2. The molecule has 0 amide bonds. The Labute approximate surface area is 128 Å². The highest BCUT2D eigenvalue weighted by molar-refractivity contribution is 5.80. The predicted molar refractivity (Wildman–Crippen MR) is 91.7 cm³/mol. The highest BCUT2D eigenvalue weighted by atomic mass is 15.1. The summed E-state index contributed by atoms with van der Waals surface area (Å²) in [7, 11) is 0. The Kier molecular flexibility index (Phi) is 5.27. The zero-order valence-corrected chi connectivity index (χ0v) is 13.9. The number of hydrogen-bond acceptors (Lipinski definition) is 2. The number of fused-ring (bicyclic) bond motifs is 1. The molecule has 0 fully saturated rings. The summed E-state index contributed by atoms with van der Waals surface area (Å²) in [5.74, 6) is 1.61. The zero-order chi connectivity index (χ0) is 15.4. The van der Waals surface area contributed by atoms with Crippen LogP contribution in [0.2, 0.25) is 0 Å². The maximum atomic E-state index is 5.90. The molecule has 0 saturated carbocycles. The van der Waals surface area contributed by atoms with Crippen LogP contribution in [0.1, 0.15) is 77.6 Å². The highest BCUT2D eigenvalue weighted by Gasteiger charge is 2.17. The van der Waals surface area contributed by atoms with Crippen LogP contribution in [0.15, 0.2) is 18.2 Å². The molecule has 3 heteroatoms. The van der Waals surface area contributed by atoms with E-state index in [1.54, 1.807) is 0 Å². The van der Waals surface area contributed by atoms with E-state index in [0.717, 1.165) is 11.2 Å². The molecule has 1 aromatic carbocycles. The maximum Gasteiger partial charge on any atom is 0.112 e. The van der Waals surface area contributed by atoms with Crippen molar-refractivity contribution in [3.8, 4) is 0 Å². The van der Waals surface area contributed by atoms with Crippen LogP contribution in [-0.2, 0) is 0 Å². The molecule has 0 aliphatic rings. The van der Waals surface area contributed by atoms with Crippen LogP contribution in [0.4, 0.5) is 5.69 Å². The fraction of sp³-hybridized carbons (Fsp3) is 0.611. The van der Waals surface area contributed by atoms with Crippen LogP contribution in [0.3, 0.4) is 0 Å². The molecule has 0 bridgehead atoms. The van der Waals surface area contributed by atoms with Gasteiger partial charge in [0.1, 0.15) is 5.82 Å². The molecular formula is C18H29N3. The molecule has 1 aromatic heterocycles. The van der Waals surface area contributed by atoms with Crippen molar-refractivity contribution >= 4 is 16.7 Å². The third-order valence-electron chi connectivity index (χ3n) is 4.17. The minimum atomic E-state index is 0.428.